The van der Waals surface area contributed by atoms with E-state index in [1.165, 1.54) is 24.7 Å². The van der Waals surface area contributed by atoms with Gasteiger partial charge in [-0.3, -0.25) is 4.79 Å². The van der Waals surface area contributed by atoms with E-state index in [-0.39, 0.29) is 5.91 Å². The van der Waals surface area contributed by atoms with Crippen molar-refractivity contribution < 1.29 is 14.3 Å². The molecule has 3 rings (SSSR count). The number of hydrogen-bond donors (Lipinski definition) is 1. The standard InChI is InChI=1S/C22H21NO3S/c1-25-19-9-6-10-20(26-2)21(19)22(24)23-17-13-11-16(12-14-17)15-27-18-7-4-3-5-8-18/h3-14H,15H2,1-2H3,(H,23,24). The molecule has 0 aliphatic rings. The summed E-state index contributed by atoms with van der Waals surface area (Å²) in [4.78, 5) is 13.9. The van der Waals surface area contributed by atoms with E-state index in [1.807, 2.05) is 42.5 Å². The van der Waals surface area contributed by atoms with Crippen molar-refractivity contribution in [2.24, 2.45) is 0 Å². The fraction of sp³-hybridized carbons (Fsp3) is 0.136. The SMILES string of the molecule is COc1cccc(OC)c1C(=O)Nc1ccc(CSc2ccccc2)cc1. The van der Waals surface area contributed by atoms with Gasteiger partial charge < -0.3 is 14.8 Å². The summed E-state index contributed by atoms with van der Waals surface area (Å²) in [5.74, 6) is 1.56. The van der Waals surface area contributed by atoms with Crippen LogP contribution in [0.15, 0.2) is 77.7 Å². The first-order valence-electron chi connectivity index (χ1n) is 8.50. The number of methoxy groups -OCH3 is 2. The van der Waals surface area contributed by atoms with E-state index in [0.717, 1.165) is 11.4 Å². The van der Waals surface area contributed by atoms with Gasteiger partial charge in [-0.1, -0.05) is 36.4 Å². The highest BCUT2D eigenvalue weighted by Crippen LogP contribution is 2.29. The number of anilines is 1. The molecule has 0 fully saturated rings. The maximum absolute atomic E-state index is 12.7. The second-order valence-corrected chi connectivity index (χ2v) is 6.84. The van der Waals surface area contributed by atoms with Crippen LogP contribution < -0.4 is 14.8 Å². The van der Waals surface area contributed by atoms with Crippen molar-refractivity contribution in [3.05, 3.63) is 83.9 Å². The molecule has 1 N–H and O–H groups in total. The van der Waals surface area contributed by atoms with Crippen molar-refractivity contribution in [3.63, 3.8) is 0 Å². The van der Waals surface area contributed by atoms with Gasteiger partial charge in [-0.05, 0) is 42.0 Å². The molecule has 138 valence electrons. The Balaban J connectivity index is 1.67. The minimum Gasteiger partial charge on any atom is -0.496 e. The van der Waals surface area contributed by atoms with Crippen LogP contribution in [-0.2, 0) is 5.75 Å². The van der Waals surface area contributed by atoms with Gasteiger partial charge in [0, 0.05) is 16.3 Å². The van der Waals surface area contributed by atoms with Crippen LogP contribution in [0, 0.1) is 0 Å². The zero-order valence-corrected chi connectivity index (χ0v) is 16.1. The zero-order chi connectivity index (χ0) is 19.1. The molecule has 0 saturated heterocycles. The van der Waals surface area contributed by atoms with Crippen molar-refractivity contribution in [1.82, 2.24) is 0 Å². The first kappa shape index (κ1) is 18.9. The van der Waals surface area contributed by atoms with Gasteiger partial charge in [-0.15, -0.1) is 11.8 Å². The molecule has 0 heterocycles. The number of rotatable bonds is 7. The highest BCUT2D eigenvalue weighted by Gasteiger charge is 2.18. The minimum absolute atomic E-state index is 0.268. The largest absolute Gasteiger partial charge is 0.496 e. The van der Waals surface area contributed by atoms with Crippen molar-refractivity contribution in [2.45, 2.75) is 10.6 Å². The third-order valence-electron chi connectivity index (χ3n) is 4.02. The zero-order valence-electron chi connectivity index (χ0n) is 15.3. The van der Waals surface area contributed by atoms with E-state index in [4.69, 9.17) is 9.47 Å². The number of hydrogen-bond acceptors (Lipinski definition) is 4. The van der Waals surface area contributed by atoms with Gasteiger partial charge in [0.2, 0.25) is 0 Å². The molecule has 3 aromatic carbocycles. The summed E-state index contributed by atoms with van der Waals surface area (Å²) < 4.78 is 10.6. The molecular formula is C22H21NO3S. The molecule has 4 nitrogen and oxygen atoms in total. The molecule has 0 atom stereocenters. The molecule has 0 saturated carbocycles. The van der Waals surface area contributed by atoms with Crippen LogP contribution in [0.5, 0.6) is 11.5 Å². The summed E-state index contributed by atoms with van der Waals surface area (Å²) in [7, 11) is 3.06. The Morgan fingerprint density at radius 3 is 2.07 bits per heavy atom. The predicted molar refractivity (Wildman–Crippen MR) is 110 cm³/mol. The van der Waals surface area contributed by atoms with Crippen molar-refractivity contribution in [3.8, 4) is 11.5 Å². The molecule has 0 aliphatic carbocycles. The molecule has 3 aromatic rings. The van der Waals surface area contributed by atoms with Crippen LogP contribution in [0.25, 0.3) is 0 Å². The first-order chi connectivity index (χ1) is 13.2. The summed E-state index contributed by atoms with van der Waals surface area (Å²) in [5, 5.41) is 2.90. The molecule has 5 heteroatoms. The molecule has 0 spiro atoms. The maximum atomic E-state index is 12.7. The Hall–Kier alpha value is -2.92. The fourth-order valence-corrected chi connectivity index (χ4v) is 3.51. The Bertz CT molecular complexity index is 873. The number of carbonyl (C=O) groups excluding carboxylic acids is 1. The summed E-state index contributed by atoms with van der Waals surface area (Å²) in [6, 6.07) is 23.4. The van der Waals surface area contributed by atoms with Crippen molar-refractivity contribution >= 4 is 23.4 Å². The van der Waals surface area contributed by atoms with Crippen LogP contribution in [0.2, 0.25) is 0 Å². The molecule has 27 heavy (non-hydrogen) atoms. The first-order valence-corrected chi connectivity index (χ1v) is 9.49. The second kappa shape index (κ2) is 9.14. The lowest BCUT2D eigenvalue weighted by atomic mass is 10.1. The Labute approximate surface area is 163 Å². The van der Waals surface area contributed by atoms with Gasteiger partial charge in [0.05, 0.1) is 14.2 Å². The Morgan fingerprint density at radius 2 is 1.48 bits per heavy atom. The quantitative estimate of drug-likeness (QED) is 0.570. The van der Waals surface area contributed by atoms with E-state index in [9.17, 15) is 4.79 Å². The third kappa shape index (κ3) is 4.83. The lowest BCUT2D eigenvalue weighted by Crippen LogP contribution is -2.14. The molecular weight excluding hydrogens is 358 g/mol. The molecule has 0 aliphatic heterocycles. The van der Waals surface area contributed by atoms with E-state index in [0.29, 0.717) is 17.1 Å². The van der Waals surface area contributed by atoms with Gasteiger partial charge in [0.1, 0.15) is 17.1 Å². The Morgan fingerprint density at radius 1 is 0.852 bits per heavy atom. The van der Waals surface area contributed by atoms with Crippen LogP contribution in [0.4, 0.5) is 5.69 Å². The topological polar surface area (TPSA) is 47.6 Å². The average molecular weight is 379 g/mol. The maximum Gasteiger partial charge on any atom is 0.263 e. The Kier molecular flexibility index (Phi) is 6.39. The van der Waals surface area contributed by atoms with Crippen molar-refractivity contribution in [2.75, 3.05) is 19.5 Å². The van der Waals surface area contributed by atoms with Gasteiger partial charge in [0.15, 0.2) is 0 Å². The smallest absolute Gasteiger partial charge is 0.263 e. The highest BCUT2D eigenvalue weighted by molar-refractivity contribution is 7.98. The van der Waals surface area contributed by atoms with Crippen LogP contribution in [-0.4, -0.2) is 20.1 Å². The van der Waals surface area contributed by atoms with Gasteiger partial charge in [-0.25, -0.2) is 0 Å². The van der Waals surface area contributed by atoms with E-state index in [2.05, 4.69) is 17.4 Å². The normalized spacial score (nSPS) is 10.3. The van der Waals surface area contributed by atoms with Crippen LogP contribution in [0.1, 0.15) is 15.9 Å². The minimum atomic E-state index is -0.268. The van der Waals surface area contributed by atoms with Crippen LogP contribution in [0.3, 0.4) is 0 Å². The van der Waals surface area contributed by atoms with Crippen LogP contribution >= 0.6 is 11.8 Å². The highest BCUT2D eigenvalue weighted by atomic mass is 32.2. The monoisotopic (exact) mass is 379 g/mol. The number of thioether (sulfide) groups is 1. The fourth-order valence-electron chi connectivity index (χ4n) is 2.64. The van der Waals surface area contributed by atoms with E-state index < -0.39 is 0 Å². The second-order valence-electron chi connectivity index (χ2n) is 5.79. The van der Waals surface area contributed by atoms with E-state index >= 15 is 0 Å². The number of amides is 1. The number of benzene rings is 3. The molecule has 0 aromatic heterocycles. The van der Waals surface area contributed by atoms with E-state index in [1.54, 1.807) is 30.0 Å². The molecule has 0 unspecified atom stereocenters. The predicted octanol–water partition coefficient (Wildman–Crippen LogP) is 5.25. The molecule has 0 radical (unpaired) electrons. The number of nitrogens with one attached hydrogen (secondary N) is 1. The summed E-state index contributed by atoms with van der Waals surface area (Å²) in [6.45, 7) is 0. The van der Waals surface area contributed by atoms with Crippen molar-refractivity contribution in [1.29, 1.82) is 0 Å². The average Bonchev–Trinajstić information content (AvgIpc) is 2.73. The summed E-state index contributed by atoms with van der Waals surface area (Å²) >= 11 is 1.78. The van der Waals surface area contributed by atoms with Gasteiger partial charge >= 0.3 is 0 Å². The number of ether oxygens (including phenoxy) is 2. The number of carbonyl (C=O) groups is 1. The lowest BCUT2D eigenvalue weighted by molar-refractivity contribution is 0.102. The van der Waals surface area contributed by atoms with Gasteiger partial charge in [0.25, 0.3) is 5.91 Å². The summed E-state index contributed by atoms with van der Waals surface area (Å²) in [6.07, 6.45) is 0. The molecule has 0 bridgehead atoms. The molecule has 1 amide bonds. The summed E-state index contributed by atoms with van der Waals surface area (Å²) in [5.41, 5.74) is 2.30. The lowest BCUT2D eigenvalue weighted by Gasteiger charge is -2.13. The third-order valence-corrected chi connectivity index (χ3v) is 5.10. The van der Waals surface area contributed by atoms with Gasteiger partial charge in [-0.2, -0.15) is 0 Å².